The van der Waals surface area contributed by atoms with Crippen molar-refractivity contribution < 1.29 is 13.2 Å². The van der Waals surface area contributed by atoms with E-state index in [0.29, 0.717) is 25.5 Å². The van der Waals surface area contributed by atoms with Crippen LogP contribution in [0.5, 0.6) is 0 Å². The first-order valence-electron chi connectivity index (χ1n) is 5.28. The van der Waals surface area contributed by atoms with Crippen molar-refractivity contribution in [1.29, 1.82) is 0 Å². The quantitative estimate of drug-likeness (QED) is 0.694. The first-order valence-corrected chi connectivity index (χ1v) is 6.77. The van der Waals surface area contributed by atoms with E-state index >= 15 is 0 Å². The fourth-order valence-electron chi connectivity index (χ4n) is 1.20. The van der Waals surface area contributed by atoms with Crippen LogP contribution in [-0.4, -0.2) is 40.2 Å². The van der Waals surface area contributed by atoms with E-state index in [2.05, 4.69) is 15.0 Å². The number of sulfonamides is 1. The first kappa shape index (κ1) is 13.9. The molecule has 1 heterocycles. The fraction of sp³-hybridized carbons (Fsp3) is 0.500. The molecule has 0 aromatic carbocycles. The normalized spacial score (nSPS) is 11.4. The van der Waals surface area contributed by atoms with Gasteiger partial charge in [0.1, 0.15) is 10.7 Å². The SMILES string of the molecule is CCNS(=O)(=O)c1ccc(NCCOC)nc1. The van der Waals surface area contributed by atoms with Crippen LogP contribution in [0.15, 0.2) is 23.2 Å². The molecule has 2 N–H and O–H groups in total. The highest BCUT2D eigenvalue weighted by Crippen LogP contribution is 2.09. The molecule has 0 amide bonds. The van der Waals surface area contributed by atoms with Crippen LogP contribution in [0.2, 0.25) is 0 Å². The molecule has 7 heteroatoms. The van der Waals surface area contributed by atoms with Crippen molar-refractivity contribution in [3.63, 3.8) is 0 Å². The lowest BCUT2D eigenvalue weighted by molar-refractivity contribution is 0.210. The zero-order valence-corrected chi connectivity index (χ0v) is 10.8. The highest BCUT2D eigenvalue weighted by atomic mass is 32.2. The zero-order chi connectivity index (χ0) is 12.7. The summed E-state index contributed by atoms with van der Waals surface area (Å²) in [5.41, 5.74) is 0. The molecule has 17 heavy (non-hydrogen) atoms. The minimum Gasteiger partial charge on any atom is -0.383 e. The van der Waals surface area contributed by atoms with Crippen LogP contribution in [0.1, 0.15) is 6.92 Å². The monoisotopic (exact) mass is 259 g/mol. The minimum absolute atomic E-state index is 0.164. The lowest BCUT2D eigenvalue weighted by Gasteiger charge is -2.06. The molecule has 0 aliphatic heterocycles. The number of nitrogens with zero attached hydrogens (tertiary/aromatic N) is 1. The second-order valence-corrected chi connectivity index (χ2v) is 5.07. The molecule has 0 bridgehead atoms. The standard InChI is InChI=1S/C10H17N3O3S/c1-3-13-17(14,15)9-4-5-10(12-8-9)11-6-7-16-2/h4-5,8,13H,3,6-7H2,1-2H3,(H,11,12). The predicted molar refractivity (Wildman–Crippen MR) is 65.5 cm³/mol. The van der Waals surface area contributed by atoms with Crippen LogP contribution in [0.3, 0.4) is 0 Å². The molecule has 0 saturated heterocycles. The number of aromatic nitrogens is 1. The minimum atomic E-state index is -3.42. The summed E-state index contributed by atoms with van der Waals surface area (Å²) >= 11 is 0. The second-order valence-electron chi connectivity index (χ2n) is 3.30. The van der Waals surface area contributed by atoms with Gasteiger partial charge in [-0.05, 0) is 12.1 Å². The average Bonchev–Trinajstić information content (AvgIpc) is 2.30. The molecule has 1 aromatic rings. The molecule has 0 aliphatic carbocycles. The molecule has 0 fully saturated rings. The third-order valence-electron chi connectivity index (χ3n) is 1.99. The molecule has 96 valence electrons. The van der Waals surface area contributed by atoms with E-state index in [-0.39, 0.29) is 4.90 Å². The molecule has 6 nitrogen and oxygen atoms in total. The molecule has 0 spiro atoms. The van der Waals surface area contributed by atoms with Crippen LogP contribution in [-0.2, 0) is 14.8 Å². The zero-order valence-electron chi connectivity index (χ0n) is 9.93. The Morgan fingerprint density at radius 1 is 1.41 bits per heavy atom. The Labute approximate surface area is 101 Å². The van der Waals surface area contributed by atoms with Gasteiger partial charge in [-0.1, -0.05) is 6.92 Å². The van der Waals surface area contributed by atoms with E-state index in [4.69, 9.17) is 4.74 Å². The molecule has 0 unspecified atom stereocenters. The molecule has 0 aliphatic rings. The van der Waals surface area contributed by atoms with Gasteiger partial charge in [0, 0.05) is 26.4 Å². The summed E-state index contributed by atoms with van der Waals surface area (Å²) in [6.07, 6.45) is 1.33. The molecular formula is C10H17N3O3S. The van der Waals surface area contributed by atoms with Crippen molar-refractivity contribution >= 4 is 15.8 Å². The van der Waals surface area contributed by atoms with Crippen LogP contribution in [0.25, 0.3) is 0 Å². The third-order valence-corrected chi connectivity index (χ3v) is 3.52. The van der Waals surface area contributed by atoms with Gasteiger partial charge >= 0.3 is 0 Å². The van der Waals surface area contributed by atoms with Crippen molar-refractivity contribution in [2.24, 2.45) is 0 Å². The Kier molecular flexibility index (Phi) is 5.33. The number of hydrogen-bond donors (Lipinski definition) is 2. The number of pyridine rings is 1. The van der Waals surface area contributed by atoms with E-state index in [1.165, 1.54) is 12.3 Å². The summed E-state index contributed by atoms with van der Waals surface area (Å²) in [6.45, 7) is 3.28. The van der Waals surface area contributed by atoms with Crippen molar-refractivity contribution in [3.05, 3.63) is 18.3 Å². The number of anilines is 1. The van der Waals surface area contributed by atoms with Gasteiger partial charge in [0.25, 0.3) is 0 Å². The van der Waals surface area contributed by atoms with E-state index in [9.17, 15) is 8.42 Å². The van der Waals surface area contributed by atoms with Crippen molar-refractivity contribution in [2.75, 3.05) is 32.1 Å². The Morgan fingerprint density at radius 2 is 2.18 bits per heavy atom. The summed E-state index contributed by atoms with van der Waals surface area (Å²) in [7, 11) is -1.80. The predicted octanol–water partition coefficient (Wildman–Crippen LogP) is 0.438. The van der Waals surface area contributed by atoms with Crippen molar-refractivity contribution in [2.45, 2.75) is 11.8 Å². The lowest BCUT2D eigenvalue weighted by Crippen LogP contribution is -2.23. The van der Waals surface area contributed by atoms with E-state index in [1.54, 1.807) is 20.1 Å². The van der Waals surface area contributed by atoms with Crippen molar-refractivity contribution in [3.8, 4) is 0 Å². The van der Waals surface area contributed by atoms with E-state index in [1.807, 2.05) is 0 Å². The number of ether oxygens (including phenoxy) is 1. The highest BCUT2D eigenvalue weighted by Gasteiger charge is 2.12. The van der Waals surface area contributed by atoms with Crippen LogP contribution in [0.4, 0.5) is 5.82 Å². The van der Waals surface area contributed by atoms with E-state index < -0.39 is 10.0 Å². The third kappa shape index (κ3) is 4.29. The summed E-state index contributed by atoms with van der Waals surface area (Å²) in [4.78, 5) is 4.18. The topological polar surface area (TPSA) is 80.3 Å². The smallest absolute Gasteiger partial charge is 0.242 e. The van der Waals surface area contributed by atoms with Crippen LogP contribution in [0, 0.1) is 0 Å². The Bertz CT molecular complexity index is 431. The molecule has 0 atom stereocenters. The van der Waals surface area contributed by atoms with Crippen LogP contribution < -0.4 is 10.0 Å². The second kappa shape index (κ2) is 6.53. The van der Waals surface area contributed by atoms with Gasteiger partial charge in [-0.25, -0.2) is 18.1 Å². The Balaban J connectivity index is 2.68. The number of nitrogens with one attached hydrogen (secondary N) is 2. The maximum atomic E-state index is 11.6. The molecule has 0 radical (unpaired) electrons. The van der Waals surface area contributed by atoms with Gasteiger partial charge in [-0.15, -0.1) is 0 Å². The maximum absolute atomic E-state index is 11.6. The fourth-order valence-corrected chi connectivity index (χ4v) is 2.18. The first-order chi connectivity index (χ1) is 8.10. The van der Waals surface area contributed by atoms with Gasteiger partial charge in [0.15, 0.2) is 0 Å². The highest BCUT2D eigenvalue weighted by molar-refractivity contribution is 7.89. The molecular weight excluding hydrogens is 242 g/mol. The summed E-state index contributed by atoms with van der Waals surface area (Å²) in [5.74, 6) is 0.623. The molecule has 0 saturated carbocycles. The van der Waals surface area contributed by atoms with Gasteiger partial charge in [0.05, 0.1) is 6.61 Å². The Hall–Kier alpha value is -1.18. The Morgan fingerprint density at radius 3 is 2.71 bits per heavy atom. The van der Waals surface area contributed by atoms with Crippen LogP contribution >= 0.6 is 0 Å². The van der Waals surface area contributed by atoms with Gasteiger partial charge in [0.2, 0.25) is 10.0 Å². The maximum Gasteiger partial charge on any atom is 0.242 e. The van der Waals surface area contributed by atoms with Gasteiger partial charge in [-0.3, -0.25) is 0 Å². The van der Waals surface area contributed by atoms with E-state index in [0.717, 1.165) is 0 Å². The summed E-state index contributed by atoms with van der Waals surface area (Å²) in [6, 6.07) is 3.14. The van der Waals surface area contributed by atoms with Gasteiger partial charge in [-0.2, -0.15) is 0 Å². The van der Waals surface area contributed by atoms with Crippen molar-refractivity contribution in [1.82, 2.24) is 9.71 Å². The molecule has 1 aromatic heterocycles. The lowest BCUT2D eigenvalue weighted by atomic mass is 10.4. The van der Waals surface area contributed by atoms with Gasteiger partial charge < -0.3 is 10.1 Å². The number of hydrogen-bond acceptors (Lipinski definition) is 5. The number of methoxy groups -OCH3 is 1. The summed E-state index contributed by atoms with van der Waals surface area (Å²) in [5, 5.41) is 3.00. The molecule has 1 rings (SSSR count). The summed E-state index contributed by atoms with van der Waals surface area (Å²) < 4.78 is 30.5. The average molecular weight is 259 g/mol. The largest absolute Gasteiger partial charge is 0.383 e. The number of rotatable bonds is 7.